The number of para-hydroxylation sites is 2. The first-order chi connectivity index (χ1) is 10.3. The summed E-state index contributed by atoms with van der Waals surface area (Å²) in [5, 5.41) is 3.51. The molecule has 0 radical (unpaired) electrons. The van der Waals surface area contributed by atoms with Crippen LogP contribution in [0.2, 0.25) is 5.15 Å². The van der Waals surface area contributed by atoms with Gasteiger partial charge in [0.2, 0.25) is 5.95 Å². The number of ether oxygens (including phenoxy) is 1. The largest absolute Gasteiger partial charge is 0.495 e. The lowest BCUT2D eigenvalue weighted by Crippen LogP contribution is -2.03. The third-order valence-corrected chi connectivity index (χ3v) is 2.98. The fourth-order valence-corrected chi connectivity index (χ4v) is 2.03. The van der Waals surface area contributed by atoms with Gasteiger partial charge in [0, 0.05) is 18.5 Å². The smallest absolute Gasteiger partial charge is 0.238 e. The molecule has 1 N–H and O–H groups in total. The molecule has 0 saturated heterocycles. The summed E-state index contributed by atoms with van der Waals surface area (Å²) in [7, 11) is 1.62. The third-order valence-electron chi connectivity index (χ3n) is 2.79. The first kappa shape index (κ1) is 13.4. The van der Waals surface area contributed by atoms with Crippen molar-refractivity contribution in [3.63, 3.8) is 0 Å². The van der Waals surface area contributed by atoms with Crippen molar-refractivity contribution in [1.29, 1.82) is 0 Å². The second-order valence-electron chi connectivity index (χ2n) is 4.17. The van der Waals surface area contributed by atoms with Crippen LogP contribution in [0.1, 0.15) is 0 Å². The summed E-state index contributed by atoms with van der Waals surface area (Å²) >= 11 is 6.05. The van der Waals surface area contributed by atoms with Crippen molar-refractivity contribution in [3.8, 4) is 11.7 Å². The minimum Gasteiger partial charge on any atom is -0.495 e. The number of hydrogen-bond acceptors (Lipinski definition) is 5. The number of benzene rings is 1. The van der Waals surface area contributed by atoms with Crippen LogP contribution in [0.5, 0.6) is 5.75 Å². The van der Waals surface area contributed by atoms with Crippen LogP contribution in [0.15, 0.2) is 49.1 Å². The Morgan fingerprint density at radius 1 is 1.24 bits per heavy atom. The Morgan fingerprint density at radius 3 is 2.86 bits per heavy atom. The van der Waals surface area contributed by atoms with E-state index in [-0.39, 0.29) is 0 Å². The van der Waals surface area contributed by atoms with Crippen molar-refractivity contribution < 1.29 is 4.74 Å². The van der Waals surface area contributed by atoms with Crippen LogP contribution in [-0.2, 0) is 0 Å². The molecule has 3 rings (SSSR count). The average Bonchev–Trinajstić information content (AvgIpc) is 3.01. The standard InChI is InChI=1S/C14H12ClN5O/c1-21-11-5-3-2-4-10(11)17-13-8-12(15)18-14(19-13)20-7-6-16-9-20/h2-9H,1H3,(H,17,18,19). The summed E-state index contributed by atoms with van der Waals surface area (Å²) in [5.41, 5.74) is 0.798. The van der Waals surface area contributed by atoms with Gasteiger partial charge in [-0.15, -0.1) is 0 Å². The van der Waals surface area contributed by atoms with Gasteiger partial charge in [-0.3, -0.25) is 4.57 Å². The summed E-state index contributed by atoms with van der Waals surface area (Å²) in [6, 6.07) is 9.21. The highest BCUT2D eigenvalue weighted by atomic mass is 35.5. The second-order valence-corrected chi connectivity index (χ2v) is 4.56. The van der Waals surface area contributed by atoms with Crippen LogP contribution < -0.4 is 10.1 Å². The van der Waals surface area contributed by atoms with Crippen molar-refractivity contribution in [2.75, 3.05) is 12.4 Å². The predicted molar refractivity (Wildman–Crippen MR) is 80.4 cm³/mol. The van der Waals surface area contributed by atoms with Gasteiger partial charge in [-0.1, -0.05) is 23.7 Å². The van der Waals surface area contributed by atoms with E-state index in [9.17, 15) is 0 Å². The topological polar surface area (TPSA) is 64.9 Å². The third kappa shape index (κ3) is 2.95. The SMILES string of the molecule is COc1ccccc1Nc1cc(Cl)nc(-n2ccnc2)n1. The zero-order valence-corrected chi connectivity index (χ0v) is 11.9. The molecule has 0 aliphatic rings. The fraction of sp³-hybridized carbons (Fsp3) is 0.0714. The molecular formula is C14H12ClN5O. The van der Waals surface area contributed by atoms with Gasteiger partial charge in [0.25, 0.3) is 0 Å². The van der Waals surface area contributed by atoms with Crippen molar-refractivity contribution >= 4 is 23.1 Å². The molecule has 2 aromatic heterocycles. The fourth-order valence-electron chi connectivity index (χ4n) is 1.85. The molecule has 0 aliphatic carbocycles. The molecule has 0 aliphatic heterocycles. The number of nitrogens with zero attached hydrogens (tertiary/aromatic N) is 4. The lowest BCUT2D eigenvalue weighted by molar-refractivity contribution is 0.417. The summed E-state index contributed by atoms with van der Waals surface area (Å²) in [6.07, 6.45) is 5.01. The number of hydrogen-bond donors (Lipinski definition) is 1. The van der Waals surface area contributed by atoms with Crippen molar-refractivity contribution in [1.82, 2.24) is 19.5 Å². The lowest BCUT2D eigenvalue weighted by Gasteiger charge is -2.11. The van der Waals surface area contributed by atoms with E-state index in [4.69, 9.17) is 16.3 Å². The van der Waals surface area contributed by atoms with Gasteiger partial charge in [0.1, 0.15) is 23.0 Å². The highest BCUT2D eigenvalue weighted by Crippen LogP contribution is 2.27. The molecule has 6 nitrogen and oxygen atoms in total. The van der Waals surface area contributed by atoms with E-state index >= 15 is 0 Å². The van der Waals surface area contributed by atoms with E-state index in [0.717, 1.165) is 11.4 Å². The number of halogens is 1. The highest BCUT2D eigenvalue weighted by molar-refractivity contribution is 6.29. The van der Waals surface area contributed by atoms with Gasteiger partial charge in [-0.05, 0) is 12.1 Å². The highest BCUT2D eigenvalue weighted by Gasteiger charge is 2.07. The maximum atomic E-state index is 6.05. The van der Waals surface area contributed by atoms with Gasteiger partial charge in [0.15, 0.2) is 0 Å². The number of imidazole rings is 1. The van der Waals surface area contributed by atoms with E-state index in [0.29, 0.717) is 16.9 Å². The van der Waals surface area contributed by atoms with Gasteiger partial charge < -0.3 is 10.1 Å². The summed E-state index contributed by atoms with van der Waals surface area (Å²) in [5.74, 6) is 1.73. The van der Waals surface area contributed by atoms with Crippen LogP contribution >= 0.6 is 11.6 Å². The quantitative estimate of drug-likeness (QED) is 0.750. The van der Waals surface area contributed by atoms with Crippen molar-refractivity contribution in [2.45, 2.75) is 0 Å². The Kier molecular flexibility index (Phi) is 3.70. The van der Waals surface area contributed by atoms with Gasteiger partial charge in [-0.25, -0.2) is 9.97 Å². The minimum absolute atomic E-state index is 0.339. The minimum atomic E-state index is 0.339. The molecule has 21 heavy (non-hydrogen) atoms. The molecule has 0 fully saturated rings. The molecule has 0 bridgehead atoms. The van der Waals surface area contributed by atoms with Crippen molar-refractivity contribution in [3.05, 3.63) is 54.2 Å². The molecule has 0 saturated carbocycles. The monoisotopic (exact) mass is 301 g/mol. The molecule has 0 unspecified atom stereocenters. The zero-order chi connectivity index (χ0) is 14.7. The number of anilines is 2. The first-order valence-electron chi connectivity index (χ1n) is 6.19. The van der Waals surface area contributed by atoms with Crippen LogP contribution in [0.25, 0.3) is 5.95 Å². The Balaban J connectivity index is 1.96. The second kappa shape index (κ2) is 5.80. The van der Waals surface area contributed by atoms with Crippen LogP contribution in [0.3, 0.4) is 0 Å². The molecule has 3 aromatic rings. The predicted octanol–water partition coefficient (Wildman–Crippen LogP) is 3.07. The van der Waals surface area contributed by atoms with Crippen LogP contribution in [-0.4, -0.2) is 26.6 Å². The molecule has 0 amide bonds. The van der Waals surface area contributed by atoms with E-state index in [1.165, 1.54) is 0 Å². The van der Waals surface area contributed by atoms with E-state index in [1.807, 2.05) is 24.3 Å². The van der Waals surface area contributed by atoms with Gasteiger partial charge in [-0.2, -0.15) is 4.98 Å². The Morgan fingerprint density at radius 2 is 2.10 bits per heavy atom. The molecule has 2 heterocycles. The Labute approximate surface area is 126 Å². The average molecular weight is 302 g/mol. The maximum absolute atomic E-state index is 6.05. The van der Waals surface area contributed by atoms with Gasteiger partial charge >= 0.3 is 0 Å². The van der Waals surface area contributed by atoms with Crippen LogP contribution in [0, 0.1) is 0 Å². The van der Waals surface area contributed by atoms with E-state index in [2.05, 4.69) is 20.3 Å². The normalized spacial score (nSPS) is 10.4. The first-order valence-corrected chi connectivity index (χ1v) is 6.57. The zero-order valence-electron chi connectivity index (χ0n) is 11.2. The van der Waals surface area contributed by atoms with Crippen LogP contribution in [0.4, 0.5) is 11.5 Å². The summed E-state index contributed by atoms with van der Waals surface area (Å²) in [6.45, 7) is 0. The maximum Gasteiger partial charge on any atom is 0.238 e. The number of rotatable bonds is 4. The van der Waals surface area contributed by atoms with Gasteiger partial charge in [0.05, 0.1) is 12.8 Å². The summed E-state index contributed by atoms with van der Waals surface area (Å²) < 4.78 is 6.98. The number of nitrogens with one attached hydrogen (secondary N) is 1. The van der Waals surface area contributed by atoms with E-state index < -0.39 is 0 Å². The number of aromatic nitrogens is 4. The molecule has 7 heteroatoms. The lowest BCUT2D eigenvalue weighted by atomic mass is 10.3. The molecule has 1 aromatic carbocycles. The number of methoxy groups -OCH3 is 1. The summed E-state index contributed by atoms with van der Waals surface area (Å²) in [4.78, 5) is 12.5. The molecule has 106 valence electrons. The van der Waals surface area contributed by atoms with E-state index in [1.54, 1.807) is 36.5 Å². The molecule has 0 spiro atoms. The van der Waals surface area contributed by atoms with Crippen molar-refractivity contribution in [2.24, 2.45) is 0 Å². The Bertz CT molecular complexity index is 745. The molecule has 0 atom stereocenters. The Hall–Kier alpha value is -2.60. The molecular weight excluding hydrogens is 290 g/mol.